The van der Waals surface area contributed by atoms with Gasteiger partial charge >= 0.3 is 0 Å². The number of hydrogen-bond donors (Lipinski definition) is 0. The maximum atomic E-state index is 5.92. The zero-order valence-electron chi connectivity index (χ0n) is 10.2. The van der Waals surface area contributed by atoms with Gasteiger partial charge in [0.1, 0.15) is 16.8 Å². The molecule has 1 unspecified atom stereocenters. The van der Waals surface area contributed by atoms with E-state index in [0.717, 1.165) is 18.0 Å². The van der Waals surface area contributed by atoms with Crippen LogP contribution in [0.15, 0.2) is 6.07 Å². The molecule has 0 saturated carbocycles. The van der Waals surface area contributed by atoms with Crippen molar-refractivity contribution in [3.8, 4) is 0 Å². The Morgan fingerprint density at radius 1 is 1.50 bits per heavy atom. The monoisotopic (exact) mass is 259 g/mol. The molecule has 5 heteroatoms. The Balaban J connectivity index is 2.74. The number of aryl methyl sites for hydroxylation is 1. The van der Waals surface area contributed by atoms with Crippen molar-refractivity contribution in [3.05, 3.63) is 17.0 Å². The summed E-state index contributed by atoms with van der Waals surface area (Å²) in [6.07, 6.45) is 3.26. The Hall–Kier alpha value is -0.480. The molecule has 0 fully saturated rings. The van der Waals surface area contributed by atoms with Crippen LogP contribution in [-0.2, 0) is 0 Å². The quantitative estimate of drug-likeness (QED) is 0.761. The Morgan fingerprint density at radius 3 is 2.75 bits per heavy atom. The molecule has 0 aliphatic heterocycles. The molecule has 1 heterocycles. The Bertz CT molecular complexity index is 326. The molecule has 0 saturated heterocycles. The lowest BCUT2D eigenvalue weighted by Gasteiger charge is -2.26. The first-order chi connectivity index (χ1) is 7.54. The van der Waals surface area contributed by atoms with Crippen LogP contribution in [0.3, 0.4) is 0 Å². The standard InChI is InChI=1S/C11H18ClN3S/c1-8(5-6-16-4)15(3)11-7-10(12)13-9(2)14-11/h7-8H,5-6H2,1-4H3. The van der Waals surface area contributed by atoms with E-state index in [0.29, 0.717) is 17.0 Å². The van der Waals surface area contributed by atoms with Crippen LogP contribution in [0.1, 0.15) is 19.2 Å². The summed E-state index contributed by atoms with van der Waals surface area (Å²) in [5.74, 6) is 2.76. The van der Waals surface area contributed by atoms with E-state index in [1.54, 1.807) is 0 Å². The van der Waals surface area contributed by atoms with Gasteiger partial charge in [0.15, 0.2) is 0 Å². The number of halogens is 1. The van der Waals surface area contributed by atoms with Gasteiger partial charge in [0.05, 0.1) is 0 Å². The first kappa shape index (κ1) is 13.6. The Kier molecular flexibility index (Phi) is 5.35. The van der Waals surface area contributed by atoms with Crippen LogP contribution in [0.5, 0.6) is 0 Å². The average Bonchev–Trinajstić information content (AvgIpc) is 2.23. The fourth-order valence-corrected chi connectivity index (χ4v) is 2.20. The van der Waals surface area contributed by atoms with Gasteiger partial charge in [-0.25, -0.2) is 9.97 Å². The second-order valence-electron chi connectivity index (χ2n) is 3.84. The van der Waals surface area contributed by atoms with E-state index in [1.807, 2.05) is 31.8 Å². The molecule has 16 heavy (non-hydrogen) atoms. The summed E-state index contributed by atoms with van der Waals surface area (Å²) in [6, 6.07) is 2.27. The van der Waals surface area contributed by atoms with Crippen LogP contribution in [0.25, 0.3) is 0 Å². The largest absolute Gasteiger partial charge is 0.357 e. The zero-order valence-corrected chi connectivity index (χ0v) is 11.8. The topological polar surface area (TPSA) is 29.0 Å². The van der Waals surface area contributed by atoms with E-state index in [9.17, 15) is 0 Å². The van der Waals surface area contributed by atoms with Gasteiger partial charge in [0.2, 0.25) is 0 Å². The fraction of sp³-hybridized carbons (Fsp3) is 0.636. The van der Waals surface area contributed by atoms with Gasteiger partial charge in [-0.3, -0.25) is 0 Å². The van der Waals surface area contributed by atoms with Gasteiger partial charge in [-0.1, -0.05) is 11.6 Å². The number of rotatable bonds is 5. The molecule has 1 aromatic heterocycles. The third-order valence-electron chi connectivity index (χ3n) is 2.56. The summed E-state index contributed by atoms with van der Waals surface area (Å²) in [5.41, 5.74) is 0. The molecule has 1 atom stereocenters. The summed E-state index contributed by atoms with van der Waals surface area (Å²) in [7, 11) is 2.04. The minimum absolute atomic E-state index is 0.456. The van der Waals surface area contributed by atoms with Crippen LogP contribution in [0.4, 0.5) is 5.82 Å². The molecular weight excluding hydrogens is 242 g/mol. The number of aromatic nitrogens is 2. The van der Waals surface area contributed by atoms with E-state index in [4.69, 9.17) is 11.6 Å². The maximum Gasteiger partial charge on any atom is 0.134 e. The summed E-state index contributed by atoms with van der Waals surface area (Å²) in [4.78, 5) is 10.6. The number of hydrogen-bond acceptors (Lipinski definition) is 4. The second-order valence-corrected chi connectivity index (χ2v) is 5.21. The van der Waals surface area contributed by atoms with Crippen LogP contribution >= 0.6 is 23.4 Å². The fourth-order valence-electron chi connectivity index (χ4n) is 1.40. The summed E-state index contributed by atoms with van der Waals surface area (Å²) < 4.78 is 0. The molecule has 0 aromatic carbocycles. The van der Waals surface area contributed by atoms with Gasteiger partial charge < -0.3 is 4.90 Å². The second kappa shape index (κ2) is 6.30. The average molecular weight is 260 g/mol. The highest BCUT2D eigenvalue weighted by Gasteiger charge is 2.12. The van der Waals surface area contributed by atoms with Gasteiger partial charge in [-0.05, 0) is 32.3 Å². The summed E-state index contributed by atoms with van der Waals surface area (Å²) in [5, 5.41) is 0.506. The predicted octanol–water partition coefficient (Wildman–Crippen LogP) is 3.02. The number of nitrogens with zero attached hydrogens (tertiary/aromatic N) is 3. The minimum Gasteiger partial charge on any atom is -0.357 e. The molecule has 0 aliphatic carbocycles. The highest BCUT2D eigenvalue weighted by molar-refractivity contribution is 7.98. The molecular formula is C11H18ClN3S. The van der Waals surface area contributed by atoms with Crippen molar-refractivity contribution < 1.29 is 0 Å². The van der Waals surface area contributed by atoms with Gasteiger partial charge in [-0.15, -0.1) is 0 Å². The van der Waals surface area contributed by atoms with Crippen molar-refractivity contribution in [1.82, 2.24) is 9.97 Å². The van der Waals surface area contributed by atoms with E-state index >= 15 is 0 Å². The van der Waals surface area contributed by atoms with Crippen LogP contribution in [0, 0.1) is 6.92 Å². The number of anilines is 1. The lowest BCUT2D eigenvalue weighted by molar-refractivity contribution is 0.660. The van der Waals surface area contributed by atoms with Gasteiger partial charge in [0.25, 0.3) is 0 Å². The molecule has 1 rings (SSSR count). The molecule has 90 valence electrons. The molecule has 0 aliphatic rings. The van der Waals surface area contributed by atoms with Crippen molar-refractivity contribution >= 4 is 29.2 Å². The normalized spacial score (nSPS) is 12.6. The third kappa shape index (κ3) is 3.83. The lowest BCUT2D eigenvalue weighted by Crippen LogP contribution is -2.30. The number of thioether (sulfide) groups is 1. The molecule has 0 radical (unpaired) electrons. The summed E-state index contributed by atoms with van der Waals surface area (Å²) >= 11 is 7.78. The van der Waals surface area contributed by atoms with E-state index in [2.05, 4.69) is 28.0 Å². The van der Waals surface area contributed by atoms with E-state index in [1.165, 1.54) is 0 Å². The van der Waals surface area contributed by atoms with Crippen LogP contribution < -0.4 is 4.90 Å². The van der Waals surface area contributed by atoms with Crippen LogP contribution in [-0.4, -0.2) is 35.1 Å². The highest BCUT2D eigenvalue weighted by Crippen LogP contribution is 2.18. The van der Waals surface area contributed by atoms with E-state index in [-0.39, 0.29) is 0 Å². The molecule has 0 spiro atoms. The van der Waals surface area contributed by atoms with Crippen molar-refractivity contribution in [2.45, 2.75) is 26.3 Å². The van der Waals surface area contributed by atoms with Crippen molar-refractivity contribution in [2.24, 2.45) is 0 Å². The molecule has 3 nitrogen and oxygen atoms in total. The Morgan fingerprint density at radius 2 is 2.19 bits per heavy atom. The van der Waals surface area contributed by atoms with Gasteiger partial charge in [0, 0.05) is 19.2 Å². The van der Waals surface area contributed by atoms with Crippen molar-refractivity contribution in [1.29, 1.82) is 0 Å². The SMILES string of the molecule is CSCCC(C)N(C)c1cc(Cl)nc(C)n1. The zero-order chi connectivity index (χ0) is 12.1. The minimum atomic E-state index is 0.456. The van der Waals surface area contributed by atoms with Crippen molar-refractivity contribution in [3.63, 3.8) is 0 Å². The van der Waals surface area contributed by atoms with Gasteiger partial charge in [-0.2, -0.15) is 11.8 Å². The molecule has 0 bridgehead atoms. The Labute approximate surface area is 107 Å². The highest BCUT2D eigenvalue weighted by atomic mass is 35.5. The van der Waals surface area contributed by atoms with E-state index < -0.39 is 0 Å². The molecule has 0 N–H and O–H groups in total. The predicted molar refractivity (Wildman–Crippen MR) is 72.6 cm³/mol. The third-order valence-corrected chi connectivity index (χ3v) is 3.39. The first-order valence-electron chi connectivity index (χ1n) is 5.27. The molecule has 0 amide bonds. The van der Waals surface area contributed by atoms with Crippen LogP contribution in [0.2, 0.25) is 5.15 Å². The lowest BCUT2D eigenvalue weighted by atomic mass is 10.2. The molecule has 1 aromatic rings. The summed E-state index contributed by atoms with van der Waals surface area (Å²) in [6.45, 7) is 4.05. The first-order valence-corrected chi connectivity index (χ1v) is 7.04. The van der Waals surface area contributed by atoms with Crippen molar-refractivity contribution in [2.75, 3.05) is 24.0 Å². The smallest absolute Gasteiger partial charge is 0.134 e. The maximum absolute atomic E-state index is 5.92.